The first-order chi connectivity index (χ1) is 11.5. The molecule has 2 aromatic rings. The molecule has 0 aliphatic heterocycles. The summed E-state index contributed by atoms with van der Waals surface area (Å²) in [5.41, 5.74) is 2.45. The Kier molecular flexibility index (Phi) is 6.42. The van der Waals surface area contributed by atoms with Crippen molar-refractivity contribution in [2.45, 2.75) is 39.5 Å². The number of ether oxygens (including phenoxy) is 2. The maximum Gasteiger partial charge on any atom is 0.305 e. The number of rotatable bonds is 7. The molecule has 0 unspecified atom stereocenters. The van der Waals surface area contributed by atoms with E-state index >= 15 is 0 Å². The van der Waals surface area contributed by atoms with Crippen LogP contribution in [0.15, 0.2) is 48.5 Å². The Morgan fingerprint density at radius 1 is 1.04 bits per heavy atom. The minimum atomic E-state index is -0.169. The van der Waals surface area contributed by atoms with Gasteiger partial charge in [-0.3, -0.25) is 4.79 Å². The van der Waals surface area contributed by atoms with E-state index in [0.717, 1.165) is 23.5 Å². The van der Waals surface area contributed by atoms with Gasteiger partial charge in [0.05, 0.1) is 7.11 Å². The first-order valence-corrected chi connectivity index (χ1v) is 8.47. The van der Waals surface area contributed by atoms with Crippen LogP contribution in [0.25, 0.3) is 0 Å². The van der Waals surface area contributed by atoms with Crippen LogP contribution in [0.2, 0.25) is 0 Å². The van der Waals surface area contributed by atoms with Gasteiger partial charge in [-0.25, -0.2) is 0 Å². The summed E-state index contributed by atoms with van der Waals surface area (Å²) >= 11 is 0. The molecule has 128 valence electrons. The number of carbonyl (C=O) groups excluding carboxylic acids is 1. The average Bonchev–Trinajstić information content (AvgIpc) is 2.61. The van der Waals surface area contributed by atoms with Crippen LogP contribution in [0, 0.1) is 5.92 Å². The molecule has 0 aromatic heterocycles. The summed E-state index contributed by atoms with van der Waals surface area (Å²) in [6, 6.07) is 16.2. The Morgan fingerprint density at radius 3 is 2.38 bits per heavy atom. The molecule has 0 saturated carbocycles. The summed E-state index contributed by atoms with van der Waals surface area (Å²) in [7, 11) is 1.43. The van der Waals surface area contributed by atoms with E-state index in [-0.39, 0.29) is 17.8 Å². The van der Waals surface area contributed by atoms with Gasteiger partial charge in [-0.2, -0.15) is 0 Å². The fourth-order valence-electron chi connectivity index (χ4n) is 2.64. The van der Waals surface area contributed by atoms with E-state index < -0.39 is 0 Å². The highest BCUT2D eigenvalue weighted by atomic mass is 16.5. The van der Waals surface area contributed by atoms with Crippen molar-refractivity contribution >= 4 is 5.97 Å². The Balaban J connectivity index is 2.08. The third kappa shape index (κ3) is 4.85. The van der Waals surface area contributed by atoms with E-state index in [2.05, 4.69) is 39.0 Å². The van der Waals surface area contributed by atoms with Gasteiger partial charge in [0, 0.05) is 6.42 Å². The van der Waals surface area contributed by atoms with E-state index in [1.165, 1.54) is 12.7 Å². The summed E-state index contributed by atoms with van der Waals surface area (Å²) in [5.74, 6) is 1.93. The summed E-state index contributed by atoms with van der Waals surface area (Å²) in [4.78, 5) is 11.5. The van der Waals surface area contributed by atoms with E-state index in [0.29, 0.717) is 6.42 Å². The highest BCUT2D eigenvalue weighted by molar-refractivity contribution is 5.69. The molecule has 0 N–H and O–H groups in total. The molecule has 2 atom stereocenters. The molecule has 3 heteroatoms. The molecular formula is C21H26O3. The number of carbonyl (C=O) groups is 1. The van der Waals surface area contributed by atoms with E-state index in [1.807, 2.05) is 30.3 Å². The number of esters is 1. The van der Waals surface area contributed by atoms with Crippen molar-refractivity contribution < 1.29 is 14.3 Å². The lowest BCUT2D eigenvalue weighted by atomic mass is 9.87. The van der Waals surface area contributed by atoms with Crippen LogP contribution >= 0.6 is 0 Å². The molecule has 0 radical (unpaired) electrons. The maximum atomic E-state index is 11.5. The van der Waals surface area contributed by atoms with Gasteiger partial charge in [-0.15, -0.1) is 0 Å². The van der Waals surface area contributed by atoms with E-state index in [1.54, 1.807) is 0 Å². The van der Waals surface area contributed by atoms with Crippen LogP contribution in [0.5, 0.6) is 11.5 Å². The van der Waals surface area contributed by atoms with Gasteiger partial charge in [0.25, 0.3) is 0 Å². The van der Waals surface area contributed by atoms with Crippen molar-refractivity contribution in [3.63, 3.8) is 0 Å². The normalized spacial score (nSPS) is 13.2. The fraction of sp³-hybridized carbons (Fsp3) is 0.381. The van der Waals surface area contributed by atoms with Crippen molar-refractivity contribution in [3.8, 4) is 11.5 Å². The zero-order valence-corrected chi connectivity index (χ0v) is 14.9. The second-order valence-corrected chi connectivity index (χ2v) is 6.22. The zero-order chi connectivity index (χ0) is 17.5. The number of benzene rings is 2. The van der Waals surface area contributed by atoms with Gasteiger partial charge < -0.3 is 9.47 Å². The summed E-state index contributed by atoms with van der Waals surface area (Å²) in [6.45, 7) is 6.33. The van der Waals surface area contributed by atoms with Crippen LogP contribution in [0.3, 0.4) is 0 Å². The lowest BCUT2D eigenvalue weighted by Gasteiger charge is -2.20. The van der Waals surface area contributed by atoms with Crippen molar-refractivity contribution in [2.75, 3.05) is 7.11 Å². The Labute approximate surface area is 144 Å². The summed E-state index contributed by atoms with van der Waals surface area (Å²) in [6.07, 6.45) is 1.44. The number of aryl methyl sites for hydroxylation is 1. The molecule has 3 nitrogen and oxygen atoms in total. The fourth-order valence-corrected chi connectivity index (χ4v) is 2.64. The van der Waals surface area contributed by atoms with Crippen molar-refractivity contribution in [3.05, 3.63) is 59.7 Å². The highest BCUT2D eigenvalue weighted by Gasteiger charge is 2.18. The molecule has 0 aliphatic carbocycles. The van der Waals surface area contributed by atoms with Crippen LogP contribution in [-0.4, -0.2) is 13.1 Å². The molecule has 2 rings (SSSR count). The third-order valence-corrected chi connectivity index (χ3v) is 4.52. The zero-order valence-electron chi connectivity index (χ0n) is 14.9. The Hall–Kier alpha value is -2.29. The average molecular weight is 326 g/mol. The summed E-state index contributed by atoms with van der Waals surface area (Å²) < 4.78 is 10.7. The van der Waals surface area contributed by atoms with Gasteiger partial charge in [-0.1, -0.05) is 45.0 Å². The summed E-state index contributed by atoms with van der Waals surface area (Å²) in [5, 5.41) is 0. The molecule has 2 aromatic carbocycles. The molecule has 0 saturated heterocycles. The standard InChI is InChI=1S/C21H26O3/c1-5-17-9-11-19(12-10-17)24-20-8-6-7-18(14-20)16(3)15(2)13-21(22)23-4/h6-12,14-16H,5,13H2,1-4H3/t15-,16-/m1/s1. The van der Waals surface area contributed by atoms with Crippen LogP contribution in [0.1, 0.15) is 44.2 Å². The van der Waals surface area contributed by atoms with E-state index in [4.69, 9.17) is 9.47 Å². The minimum Gasteiger partial charge on any atom is -0.469 e. The predicted octanol–water partition coefficient (Wildman–Crippen LogP) is 5.34. The van der Waals surface area contributed by atoms with E-state index in [9.17, 15) is 4.79 Å². The smallest absolute Gasteiger partial charge is 0.305 e. The second-order valence-electron chi connectivity index (χ2n) is 6.22. The lowest BCUT2D eigenvalue weighted by molar-refractivity contribution is -0.141. The van der Waals surface area contributed by atoms with Crippen molar-refractivity contribution in [1.29, 1.82) is 0 Å². The molecule has 24 heavy (non-hydrogen) atoms. The SMILES string of the molecule is CCc1ccc(Oc2cccc([C@H](C)[C@H](C)CC(=O)OC)c2)cc1. The largest absolute Gasteiger partial charge is 0.469 e. The molecular weight excluding hydrogens is 300 g/mol. The molecule has 0 aliphatic rings. The monoisotopic (exact) mass is 326 g/mol. The quantitative estimate of drug-likeness (QED) is 0.644. The Morgan fingerprint density at radius 2 is 1.75 bits per heavy atom. The van der Waals surface area contributed by atoms with Crippen molar-refractivity contribution in [2.24, 2.45) is 5.92 Å². The predicted molar refractivity (Wildman–Crippen MR) is 96.5 cm³/mol. The third-order valence-electron chi connectivity index (χ3n) is 4.52. The number of hydrogen-bond acceptors (Lipinski definition) is 3. The maximum absolute atomic E-state index is 11.5. The molecule has 0 heterocycles. The van der Waals surface area contributed by atoms with Gasteiger partial charge in [0.2, 0.25) is 0 Å². The van der Waals surface area contributed by atoms with Crippen LogP contribution in [0.4, 0.5) is 0 Å². The Bertz CT molecular complexity index is 661. The van der Waals surface area contributed by atoms with Gasteiger partial charge >= 0.3 is 5.97 Å². The second kappa shape index (κ2) is 8.53. The van der Waals surface area contributed by atoms with Crippen molar-refractivity contribution in [1.82, 2.24) is 0 Å². The molecule has 0 amide bonds. The highest BCUT2D eigenvalue weighted by Crippen LogP contribution is 2.30. The molecule has 0 spiro atoms. The first-order valence-electron chi connectivity index (χ1n) is 8.47. The lowest BCUT2D eigenvalue weighted by Crippen LogP contribution is -2.13. The first kappa shape index (κ1) is 18.1. The van der Waals surface area contributed by atoms with Gasteiger partial charge in [0.15, 0.2) is 0 Å². The topological polar surface area (TPSA) is 35.5 Å². The molecule has 0 fully saturated rings. The number of methoxy groups -OCH3 is 1. The van der Waals surface area contributed by atoms with Gasteiger partial charge in [0.1, 0.15) is 11.5 Å². The van der Waals surface area contributed by atoms with Gasteiger partial charge in [-0.05, 0) is 53.6 Å². The van der Waals surface area contributed by atoms with Crippen LogP contribution < -0.4 is 4.74 Å². The number of hydrogen-bond donors (Lipinski definition) is 0. The van der Waals surface area contributed by atoms with Crippen LogP contribution in [-0.2, 0) is 16.0 Å². The minimum absolute atomic E-state index is 0.169. The molecule has 0 bridgehead atoms.